The summed E-state index contributed by atoms with van der Waals surface area (Å²) in [5.41, 5.74) is 0.280. The topological polar surface area (TPSA) is 76.2 Å². The maximum atomic E-state index is 13.6. The molecule has 2 atom stereocenters. The van der Waals surface area contributed by atoms with Crippen molar-refractivity contribution in [2.24, 2.45) is 0 Å². The fourth-order valence-electron chi connectivity index (χ4n) is 3.96. The van der Waals surface area contributed by atoms with Crippen LogP contribution in [-0.4, -0.2) is 51.3 Å². The van der Waals surface area contributed by atoms with Crippen LogP contribution in [0.15, 0.2) is 60.7 Å². The Morgan fingerprint density at radius 1 is 0.676 bits per heavy atom. The summed E-state index contributed by atoms with van der Waals surface area (Å²) in [7, 11) is 0. The number of hydrogen-bond donors (Lipinski definition) is 0. The molecule has 1 heterocycles. The number of ether oxygens (including phenoxy) is 2. The van der Waals surface area contributed by atoms with Crippen LogP contribution in [0.2, 0.25) is 0 Å². The predicted molar refractivity (Wildman–Crippen MR) is 129 cm³/mol. The standard InChI is InChI=1S/C27H34N2O5/c1-26(2,3)33-24(31)28-21(17-19-13-9-7-10-14-19)22(18-20-15-11-8-12-16-20)29(23(28)30)25(32)34-27(4,5)6/h7-16,21-22H,17-18H2,1-6H3/t21-,22-/m1/s1. The lowest BCUT2D eigenvalue weighted by molar-refractivity contribution is 0.0285. The summed E-state index contributed by atoms with van der Waals surface area (Å²) < 4.78 is 11.1. The molecule has 2 aromatic carbocycles. The lowest BCUT2D eigenvalue weighted by Gasteiger charge is -2.29. The molecular weight excluding hydrogens is 432 g/mol. The van der Waals surface area contributed by atoms with E-state index >= 15 is 0 Å². The number of benzene rings is 2. The van der Waals surface area contributed by atoms with E-state index in [0.717, 1.165) is 20.9 Å². The highest BCUT2D eigenvalue weighted by Crippen LogP contribution is 2.32. The molecule has 7 nitrogen and oxygen atoms in total. The molecule has 3 rings (SSSR count). The Morgan fingerprint density at radius 3 is 1.29 bits per heavy atom. The largest absolute Gasteiger partial charge is 0.443 e. The molecule has 0 saturated carbocycles. The fourth-order valence-corrected chi connectivity index (χ4v) is 3.96. The first-order valence-electron chi connectivity index (χ1n) is 11.5. The number of carbonyl (C=O) groups is 3. The van der Waals surface area contributed by atoms with Crippen molar-refractivity contribution >= 4 is 18.2 Å². The van der Waals surface area contributed by atoms with Gasteiger partial charge in [-0.1, -0.05) is 60.7 Å². The summed E-state index contributed by atoms with van der Waals surface area (Å²) in [5.74, 6) is 0. The monoisotopic (exact) mass is 466 g/mol. The SMILES string of the molecule is CC(C)(C)OC(=O)N1C(=O)N(C(=O)OC(C)(C)C)[C@H](Cc2ccccc2)[C@H]1Cc1ccccc1. The normalized spacial score (nSPS) is 18.7. The summed E-state index contributed by atoms with van der Waals surface area (Å²) in [4.78, 5) is 42.2. The smallest absolute Gasteiger partial charge is 0.418 e. The maximum absolute atomic E-state index is 13.6. The molecule has 1 aliphatic rings. The number of hydrogen-bond acceptors (Lipinski definition) is 5. The molecule has 2 aromatic rings. The van der Waals surface area contributed by atoms with Crippen molar-refractivity contribution in [3.63, 3.8) is 0 Å². The van der Waals surface area contributed by atoms with E-state index < -0.39 is 41.5 Å². The summed E-state index contributed by atoms with van der Waals surface area (Å²) in [5, 5.41) is 0. The van der Waals surface area contributed by atoms with Gasteiger partial charge in [0.15, 0.2) is 0 Å². The third-order valence-electron chi connectivity index (χ3n) is 5.28. The van der Waals surface area contributed by atoms with E-state index in [2.05, 4.69) is 0 Å². The molecule has 1 saturated heterocycles. The van der Waals surface area contributed by atoms with Gasteiger partial charge in [0, 0.05) is 0 Å². The van der Waals surface area contributed by atoms with Gasteiger partial charge in [-0.15, -0.1) is 0 Å². The average Bonchev–Trinajstić information content (AvgIpc) is 2.98. The number of rotatable bonds is 4. The summed E-state index contributed by atoms with van der Waals surface area (Å²) in [6, 6.07) is 17.2. The zero-order valence-electron chi connectivity index (χ0n) is 20.8. The second-order valence-corrected chi connectivity index (χ2v) is 10.5. The minimum absolute atomic E-state index is 0.378. The quantitative estimate of drug-likeness (QED) is 0.568. The first-order valence-corrected chi connectivity index (χ1v) is 11.5. The van der Waals surface area contributed by atoms with Crippen molar-refractivity contribution in [2.75, 3.05) is 0 Å². The molecule has 1 aliphatic heterocycles. The molecule has 0 spiro atoms. The molecule has 1 fully saturated rings. The molecule has 0 radical (unpaired) electrons. The van der Waals surface area contributed by atoms with Crippen LogP contribution in [0.5, 0.6) is 0 Å². The lowest BCUT2D eigenvalue weighted by atomic mass is 9.94. The van der Waals surface area contributed by atoms with Crippen molar-refractivity contribution < 1.29 is 23.9 Å². The highest BCUT2D eigenvalue weighted by atomic mass is 16.6. The second kappa shape index (κ2) is 9.87. The van der Waals surface area contributed by atoms with Crippen LogP contribution < -0.4 is 0 Å². The van der Waals surface area contributed by atoms with Gasteiger partial charge in [-0.25, -0.2) is 24.2 Å². The van der Waals surface area contributed by atoms with Gasteiger partial charge in [-0.3, -0.25) is 0 Å². The number of imide groups is 2. The molecule has 0 bridgehead atoms. The number of carbonyl (C=O) groups excluding carboxylic acids is 3. The van der Waals surface area contributed by atoms with Crippen molar-refractivity contribution in [1.82, 2.24) is 9.80 Å². The molecule has 0 aromatic heterocycles. The Hall–Kier alpha value is -3.35. The lowest BCUT2D eigenvalue weighted by Crippen LogP contribution is -2.45. The molecule has 182 valence electrons. The van der Waals surface area contributed by atoms with Crippen LogP contribution in [0.25, 0.3) is 0 Å². The first kappa shape index (κ1) is 25.3. The van der Waals surface area contributed by atoms with Gasteiger partial charge in [0.25, 0.3) is 0 Å². The van der Waals surface area contributed by atoms with Crippen LogP contribution in [-0.2, 0) is 22.3 Å². The molecule has 4 amide bonds. The Kier molecular flexibility index (Phi) is 7.34. The van der Waals surface area contributed by atoms with E-state index in [9.17, 15) is 14.4 Å². The fraction of sp³-hybridized carbons (Fsp3) is 0.444. The maximum Gasteiger partial charge on any atom is 0.418 e. The summed E-state index contributed by atoms with van der Waals surface area (Å²) in [6.45, 7) is 10.4. The van der Waals surface area contributed by atoms with E-state index in [-0.39, 0.29) is 0 Å². The number of nitrogens with zero attached hydrogens (tertiary/aromatic N) is 2. The number of amides is 4. The number of urea groups is 1. The first-order chi connectivity index (χ1) is 15.9. The second-order valence-electron chi connectivity index (χ2n) is 10.5. The van der Waals surface area contributed by atoms with Crippen molar-refractivity contribution in [2.45, 2.75) is 77.7 Å². The van der Waals surface area contributed by atoms with E-state index in [1.165, 1.54) is 0 Å². The van der Waals surface area contributed by atoms with Crippen LogP contribution in [0.4, 0.5) is 14.4 Å². The van der Waals surface area contributed by atoms with Crippen LogP contribution in [0.3, 0.4) is 0 Å². The van der Waals surface area contributed by atoms with Gasteiger partial charge < -0.3 is 9.47 Å². The van der Waals surface area contributed by atoms with Gasteiger partial charge in [0.05, 0.1) is 12.1 Å². The van der Waals surface area contributed by atoms with E-state index in [1.54, 1.807) is 41.5 Å². The third kappa shape index (κ3) is 6.37. The molecule has 0 N–H and O–H groups in total. The van der Waals surface area contributed by atoms with Crippen molar-refractivity contribution in [1.29, 1.82) is 0 Å². The Labute approximate surface area is 201 Å². The van der Waals surface area contributed by atoms with E-state index in [1.807, 2.05) is 60.7 Å². The molecule has 7 heteroatoms. The third-order valence-corrected chi connectivity index (χ3v) is 5.28. The van der Waals surface area contributed by atoms with Crippen LogP contribution >= 0.6 is 0 Å². The molecule has 0 unspecified atom stereocenters. The average molecular weight is 467 g/mol. The van der Waals surface area contributed by atoms with E-state index in [0.29, 0.717) is 12.8 Å². The Morgan fingerprint density at radius 2 is 1.00 bits per heavy atom. The Balaban J connectivity index is 2.06. The highest BCUT2D eigenvalue weighted by molar-refractivity contribution is 6.01. The van der Waals surface area contributed by atoms with Gasteiger partial charge in [0.1, 0.15) is 11.2 Å². The summed E-state index contributed by atoms with van der Waals surface area (Å²) >= 11 is 0. The summed E-state index contributed by atoms with van der Waals surface area (Å²) in [6.07, 6.45) is -0.796. The highest BCUT2D eigenvalue weighted by Gasteiger charge is 2.53. The Bertz CT molecular complexity index is 927. The van der Waals surface area contributed by atoms with Gasteiger partial charge in [-0.05, 0) is 65.5 Å². The zero-order valence-corrected chi connectivity index (χ0v) is 20.8. The minimum Gasteiger partial charge on any atom is -0.443 e. The minimum atomic E-state index is -0.803. The van der Waals surface area contributed by atoms with Gasteiger partial charge in [-0.2, -0.15) is 0 Å². The zero-order chi connectivity index (χ0) is 25.1. The molecular formula is C27H34N2O5. The van der Waals surface area contributed by atoms with Crippen molar-refractivity contribution in [3.05, 3.63) is 71.8 Å². The van der Waals surface area contributed by atoms with Gasteiger partial charge in [0.2, 0.25) is 0 Å². The van der Waals surface area contributed by atoms with E-state index in [4.69, 9.17) is 9.47 Å². The predicted octanol–water partition coefficient (Wildman–Crippen LogP) is 5.82. The van der Waals surface area contributed by atoms with Crippen molar-refractivity contribution in [3.8, 4) is 0 Å². The van der Waals surface area contributed by atoms with Gasteiger partial charge >= 0.3 is 18.2 Å². The molecule has 0 aliphatic carbocycles. The van der Waals surface area contributed by atoms with Crippen LogP contribution in [0.1, 0.15) is 52.7 Å². The molecule has 34 heavy (non-hydrogen) atoms. The van der Waals surface area contributed by atoms with Crippen LogP contribution in [0, 0.1) is 0 Å².